The van der Waals surface area contributed by atoms with Crippen molar-refractivity contribution in [2.75, 3.05) is 6.54 Å². The number of nitrogens with zero attached hydrogens (tertiary/aromatic N) is 2. The molecule has 1 heterocycles. The van der Waals surface area contributed by atoms with E-state index in [0.29, 0.717) is 12.2 Å². The lowest BCUT2D eigenvalue weighted by atomic mass is 10.1. The van der Waals surface area contributed by atoms with Gasteiger partial charge in [0.1, 0.15) is 0 Å². The van der Waals surface area contributed by atoms with Crippen LogP contribution in [0.15, 0.2) is 24.3 Å². The van der Waals surface area contributed by atoms with E-state index in [1.807, 2.05) is 31.3 Å². The van der Waals surface area contributed by atoms with Gasteiger partial charge < -0.3 is 11.1 Å². The molecule has 0 spiro atoms. The van der Waals surface area contributed by atoms with Crippen LogP contribution in [-0.4, -0.2) is 28.3 Å². The molecule has 0 saturated heterocycles. The standard InChI is InChI=1S/C14H20N4O/c1-3-6-10(9-15)16-14(19)13-11-7-4-5-8-12(11)18(2)17-13/h4-5,7-8,10H,3,6,9,15H2,1-2H3,(H,16,19). The second kappa shape index (κ2) is 5.84. The molecule has 0 bridgehead atoms. The second-order valence-corrected chi connectivity index (χ2v) is 4.68. The van der Waals surface area contributed by atoms with Crippen molar-refractivity contribution in [3.63, 3.8) is 0 Å². The van der Waals surface area contributed by atoms with Gasteiger partial charge in [0.2, 0.25) is 0 Å². The molecule has 1 amide bonds. The Morgan fingerprint density at radius 1 is 1.47 bits per heavy atom. The van der Waals surface area contributed by atoms with Gasteiger partial charge in [-0.1, -0.05) is 31.5 Å². The molecular formula is C14H20N4O. The Labute approximate surface area is 112 Å². The zero-order valence-electron chi connectivity index (χ0n) is 11.4. The number of aromatic nitrogens is 2. The van der Waals surface area contributed by atoms with Gasteiger partial charge in [0.05, 0.1) is 5.52 Å². The van der Waals surface area contributed by atoms with Gasteiger partial charge >= 0.3 is 0 Å². The maximum absolute atomic E-state index is 12.3. The highest BCUT2D eigenvalue weighted by molar-refractivity contribution is 6.04. The quantitative estimate of drug-likeness (QED) is 0.854. The number of fused-ring (bicyclic) bond motifs is 1. The lowest BCUT2D eigenvalue weighted by Crippen LogP contribution is -2.40. The number of amides is 1. The van der Waals surface area contributed by atoms with Crippen LogP contribution in [0.25, 0.3) is 10.9 Å². The fourth-order valence-corrected chi connectivity index (χ4v) is 2.23. The zero-order chi connectivity index (χ0) is 13.8. The molecule has 0 radical (unpaired) electrons. The molecule has 19 heavy (non-hydrogen) atoms. The van der Waals surface area contributed by atoms with Gasteiger partial charge in [-0.15, -0.1) is 0 Å². The van der Waals surface area contributed by atoms with E-state index in [0.717, 1.165) is 23.7 Å². The lowest BCUT2D eigenvalue weighted by Gasteiger charge is -2.14. The van der Waals surface area contributed by atoms with Crippen molar-refractivity contribution in [2.24, 2.45) is 12.8 Å². The summed E-state index contributed by atoms with van der Waals surface area (Å²) in [6.45, 7) is 2.52. The van der Waals surface area contributed by atoms with Crippen LogP contribution < -0.4 is 11.1 Å². The predicted molar refractivity (Wildman–Crippen MR) is 75.9 cm³/mol. The maximum Gasteiger partial charge on any atom is 0.272 e. The summed E-state index contributed by atoms with van der Waals surface area (Å²) in [6, 6.07) is 7.72. The molecule has 5 nitrogen and oxygen atoms in total. The Bertz CT molecular complexity index is 576. The SMILES string of the molecule is CCCC(CN)NC(=O)c1nn(C)c2ccccc12. The first-order valence-corrected chi connectivity index (χ1v) is 6.60. The maximum atomic E-state index is 12.3. The molecule has 3 N–H and O–H groups in total. The molecule has 5 heteroatoms. The van der Waals surface area contributed by atoms with Crippen LogP contribution in [0.5, 0.6) is 0 Å². The Balaban J connectivity index is 2.26. The molecular weight excluding hydrogens is 240 g/mol. The molecule has 102 valence electrons. The molecule has 2 rings (SSSR count). The summed E-state index contributed by atoms with van der Waals surface area (Å²) in [5.41, 5.74) is 7.08. The smallest absolute Gasteiger partial charge is 0.272 e. The number of nitrogens with two attached hydrogens (primary N) is 1. The number of hydrogen-bond donors (Lipinski definition) is 2. The van der Waals surface area contributed by atoms with Crippen LogP contribution in [0.3, 0.4) is 0 Å². The average molecular weight is 260 g/mol. The monoisotopic (exact) mass is 260 g/mol. The third-order valence-electron chi connectivity index (χ3n) is 3.23. The summed E-state index contributed by atoms with van der Waals surface area (Å²) in [7, 11) is 1.84. The number of para-hydroxylation sites is 1. The van der Waals surface area contributed by atoms with Crippen molar-refractivity contribution >= 4 is 16.8 Å². The van der Waals surface area contributed by atoms with Gasteiger partial charge in [0.15, 0.2) is 5.69 Å². The van der Waals surface area contributed by atoms with E-state index in [1.165, 1.54) is 0 Å². The number of carbonyl (C=O) groups excluding carboxylic acids is 1. The van der Waals surface area contributed by atoms with Gasteiger partial charge in [-0.25, -0.2) is 0 Å². The van der Waals surface area contributed by atoms with Crippen molar-refractivity contribution < 1.29 is 4.79 Å². The van der Waals surface area contributed by atoms with Crippen LogP contribution in [0, 0.1) is 0 Å². The molecule has 1 aromatic carbocycles. The van der Waals surface area contributed by atoms with E-state index in [1.54, 1.807) is 4.68 Å². The summed E-state index contributed by atoms with van der Waals surface area (Å²) >= 11 is 0. The summed E-state index contributed by atoms with van der Waals surface area (Å²) < 4.78 is 1.72. The number of carbonyl (C=O) groups is 1. The Morgan fingerprint density at radius 3 is 2.89 bits per heavy atom. The van der Waals surface area contributed by atoms with Crippen molar-refractivity contribution in [2.45, 2.75) is 25.8 Å². The minimum absolute atomic E-state index is 0.0123. The van der Waals surface area contributed by atoms with Crippen molar-refractivity contribution in [1.82, 2.24) is 15.1 Å². The number of benzene rings is 1. The van der Waals surface area contributed by atoms with Crippen LogP contribution in [0.4, 0.5) is 0 Å². The summed E-state index contributed by atoms with van der Waals surface area (Å²) in [5, 5.41) is 8.12. The van der Waals surface area contributed by atoms with Gasteiger partial charge in [-0.2, -0.15) is 5.10 Å². The van der Waals surface area contributed by atoms with E-state index in [2.05, 4.69) is 17.3 Å². The molecule has 0 aliphatic rings. The van der Waals surface area contributed by atoms with Crippen LogP contribution in [-0.2, 0) is 7.05 Å². The minimum Gasteiger partial charge on any atom is -0.347 e. The minimum atomic E-state index is -0.152. The number of aryl methyl sites for hydroxylation is 1. The fourth-order valence-electron chi connectivity index (χ4n) is 2.23. The van der Waals surface area contributed by atoms with E-state index < -0.39 is 0 Å². The third kappa shape index (κ3) is 2.76. The Morgan fingerprint density at radius 2 is 2.21 bits per heavy atom. The number of hydrogen-bond acceptors (Lipinski definition) is 3. The zero-order valence-corrected chi connectivity index (χ0v) is 11.4. The van der Waals surface area contributed by atoms with E-state index in [-0.39, 0.29) is 11.9 Å². The molecule has 0 aliphatic heterocycles. The summed E-state index contributed by atoms with van der Waals surface area (Å²) in [5.74, 6) is -0.152. The topological polar surface area (TPSA) is 72.9 Å². The van der Waals surface area contributed by atoms with Crippen molar-refractivity contribution in [3.8, 4) is 0 Å². The van der Waals surface area contributed by atoms with Crippen molar-refractivity contribution in [3.05, 3.63) is 30.0 Å². The first-order valence-electron chi connectivity index (χ1n) is 6.60. The van der Waals surface area contributed by atoms with Crippen LogP contribution in [0.1, 0.15) is 30.3 Å². The largest absolute Gasteiger partial charge is 0.347 e. The van der Waals surface area contributed by atoms with E-state index in [4.69, 9.17) is 5.73 Å². The van der Waals surface area contributed by atoms with Gasteiger partial charge in [0.25, 0.3) is 5.91 Å². The lowest BCUT2D eigenvalue weighted by molar-refractivity contribution is 0.0932. The first kappa shape index (κ1) is 13.5. The molecule has 1 atom stereocenters. The molecule has 0 fully saturated rings. The van der Waals surface area contributed by atoms with Crippen molar-refractivity contribution in [1.29, 1.82) is 0 Å². The molecule has 1 aromatic heterocycles. The molecule has 1 unspecified atom stereocenters. The summed E-state index contributed by atoms with van der Waals surface area (Å²) in [6.07, 6.45) is 1.87. The van der Waals surface area contributed by atoms with Gasteiger partial charge in [-0.05, 0) is 12.5 Å². The Kier molecular flexibility index (Phi) is 4.16. The fraction of sp³-hybridized carbons (Fsp3) is 0.429. The highest BCUT2D eigenvalue weighted by atomic mass is 16.2. The number of rotatable bonds is 5. The summed E-state index contributed by atoms with van der Waals surface area (Å²) in [4.78, 5) is 12.3. The van der Waals surface area contributed by atoms with Crippen LogP contribution in [0.2, 0.25) is 0 Å². The first-order chi connectivity index (χ1) is 9.17. The number of nitrogens with one attached hydrogen (secondary N) is 1. The molecule has 0 saturated carbocycles. The second-order valence-electron chi connectivity index (χ2n) is 4.68. The van der Waals surface area contributed by atoms with Crippen LogP contribution >= 0.6 is 0 Å². The van der Waals surface area contributed by atoms with E-state index in [9.17, 15) is 4.79 Å². The molecule has 0 aliphatic carbocycles. The Hall–Kier alpha value is -1.88. The molecule has 2 aromatic rings. The van der Waals surface area contributed by atoms with E-state index >= 15 is 0 Å². The predicted octanol–water partition coefficient (Wildman–Crippen LogP) is 1.43. The van der Waals surface area contributed by atoms with Gasteiger partial charge in [-0.3, -0.25) is 9.48 Å². The van der Waals surface area contributed by atoms with Gasteiger partial charge in [0, 0.05) is 25.0 Å². The highest BCUT2D eigenvalue weighted by Gasteiger charge is 2.18. The highest BCUT2D eigenvalue weighted by Crippen LogP contribution is 2.17. The normalized spacial score (nSPS) is 12.6. The third-order valence-corrected chi connectivity index (χ3v) is 3.23. The average Bonchev–Trinajstić information content (AvgIpc) is 2.76.